The number of nitrogens with two attached hydrogens (primary N) is 1. The van der Waals surface area contributed by atoms with E-state index in [4.69, 9.17) is 17.3 Å². The second kappa shape index (κ2) is 6.98. The van der Waals surface area contributed by atoms with Crippen LogP contribution in [0.4, 0.5) is 8.78 Å². The molecule has 21 heavy (non-hydrogen) atoms. The lowest BCUT2D eigenvalue weighted by Crippen LogP contribution is -2.31. The Morgan fingerprint density at radius 3 is 2.62 bits per heavy atom. The van der Waals surface area contributed by atoms with Gasteiger partial charge in [-0.1, -0.05) is 23.7 Å². The molecule has 5 heteroatoms. The Morgan fingerprint density at radius 2 is 1.95 bits per heavy atom. The maximum atomic E-state index is 13.9. The third-order valence-corrected chi connectivity index (χ3v) is 3.63. The molecule has 2 nitrogen and oxygen atoms in total. The zero-order chi connectivity index (χ0) is 15.4. The first-order valence-electron chi connectivity index (χ1n) is 6.61. The van der Waals surface area contributed by atoms with Gasteiger partial charge in [0, 0.05) is 23.7 Å². The fourth-order valence-electron chi connectivity index (χ4n) is 2.35. The minimum absolute atomic E-state index is 0.192. The molecule has 0 radical (unpaired) electrons. The van der Waals surface area contributed by atoms with E-state index in [9.17, 15) is 8.78 Å². The Kier molecular flexibility index (Phi) is 5.28. The number of hydrogen-bond donors (Lipinski definition) is 1. The molecule has 0 amide bonds. The zero-order valence-electron chi connectivity index (χ0n) is 11.7. The Labute approximate surface area is 128 Å². The van der Waals surface area contributed by atoms with Crippen molar-refractivity contribution in [2.24, 2.45) is 5.73 Å². The Hall–Kier alpha value is -1.49. The van der Waals surface area contributed by atoms with Crippen LogP contribution < -0.4 is 5.73 Å². The molecule has 0 aliphatic heterocycles. The lowest BCUT2D eigenvalue weighted by atomic mass is 10.0. The summed E-state index contributed by atoms with van der Waals surface area (Å²) >= 11 is 5.95. The standard InChI is InChI=1S/C16H17ClF2N2/c1-21(10-11-3-2-4-12(17)7-11)16(9-20)14-8-13(18)5-6-15(14)19/h2-8,16H,9-10,20H2,1H3. The van der Waals surface area contributed by atoms with Crippen LogP contribution in [0.2, 0.25) is 5.02 Å². The molecular weight excluding hydrogens is 294 g/mol. The van der Waals surface area contributed by atoms with Gasteiger partial charge in [-0.15, -0.1) is 0 Å². The van der Waals surface area contributed by atoms with Gasteiger partial charge < -0.3 is 5.73 Å². The maximum absolute atomic E-state index is 13.9. The third-order valence-electron chi connectivity index (χ3n) is 3.39. The molecule has 2 rings (SSSR count). The van der Waals surface area contributed by atoms with E-state index in [2.05, 4.69) is 0 Å². The second-order valence-corrected chi connectivity index (χ2v) is 5.40. The van der Waals surface area contributed by atoms with Crippen molar-refractivity contribution in [2.75, 3.05) is 13.6 Å². The minimum atomic E-state index is -0.471. The monoisotopic (exact) mass is 310 g/mol. The van der Waals surface area contributed by atoms with Crippen molar-refractivity contribution in [2.45, 2.75) is 12.6 Å². The van der Waals surface area contributed by atoms with Crippen molar-refractivity contribution in [1.29, 1.82) is 0 Å². The summed E-state index contributed by atoms with van der Waals surface area (Å²) < 4.78 is 27.2. The first-order chi connectivity index (χ1) is 10.0. The molecular formula is C16H17ClF2N2. The van der Waals surface area contributed by atoms with Crippen molar-refractivity contribution in [3.63, 3.8) is 0 Å². The first-order valence-corrected chi connectivity index (χ1v) is 6.98. The van der Waals surface area contributed by atoms with Crippen LogP contribution in [0.25, 0.3) is 0 Å². The predicted molar refractivity (Wildman–Crippen MR) is 81.1 cm³/mol. The van der Waals surface area contributed by atoms with Crippen LogP contribution in [0.5, 0.6) is 0 Å². The van der Waals surface area contributed by atoms with Crippen LogP contribution in [0, 0.1) is 11.6 Å². The molecule has 0 aromatic heterocycles. The van der Waals surface area contributed by atoms with Gasteiger partial charge in [0.05, 0.1) is 6.04 Å². The van der Waals surface area contributed by atoms with Crippen LogP contribution in [-0.4, -0.2) is 18.5 Å². The van der Waals surface area contributed by atoms with E-state index < -0.39 is 17.7 Å². The minimum Gasteiger partial charge on any atom is -0.329 e. The first kappa shape index (κ1) is 15.9. The van der Waals surface area contributed by atoms with E-state index >= 15 is 0 Å². The summed E-state index contributed by atoms with van der Waals surface area (Å²) in [5, 5.41) is 0.641. The summed E-state index contributed by atoms with van der Waals surface area (Å²) in [6, 6.07) is 10.4. The van der Waals surface area contributed by atoms with Crippen LogP contribution >= 0.6 is 11.6 Å². The highest BCUT2D eigenvalue weighted by atomic mass is 35.5. The number of benzene rings is 2. The Balaban J connectivity index is 2.22. The quantitative estimate of drug-likeness (QED) is 0.911. The number of likely N-dealkylation sites (N-methyl/N-ethyl adjacent to an activating group) is 1. The molecule has 0 heterocycles. The molecule has 0 aliphatic rings. The van der Waals surface area contributed by atoms with E-state index in [-0.39, 0.29) is 12.1 Å². The molecule has 1 unspecified atom stereocenters. The van der Waals surface area contributed by atoms with Gasteiger partial charge >= 0.3 is 0 Å². The zero-order valence-corrected chi connectivity index (χ0v) is 12.4. The van der Waals surface area contributed by atoms with Crippen LogP contribution in [0.15, 0.2) is 42.5 Å². The summed E-state index contributed by atoms with van der Waals surface area (Å²) in [5.41, 5.74) is 7.00. The molecule has 0 spiro atoms. The second-order valence-electron chi connectivity index (χ2n) is 4.96. The molecule has 2 aromatic rings. The molecule has 0 aliphatic carbocycles. The lowest BCUT2D eigenvalue weighted by molar-refractivity contribution is 0.236. The summed E-state index contributed by atoms with van der Waals surface area (Å²) in [7, 11) is 1.82. The predicted octanol–water partition coefficient (Wildman–Crippen LogP) is 3.75. The molecule has 0 bridgehead atoms. The number of nitrogens with zero attached hydrogens (tertiary/aromatic N) is 1. The highest BCUT2D eigenvalue weighted by molar-refractivity contribution is 6.30. The van der Waals surface area contributed by atoms with Gasteiger partial charge in [-0.05, 0) is 42.9 Å². The third kappa shape index (κ3) is 4.00. The van der Waals surface area contributed by atoms with Crippen molar-refractivity contribution in [3.8, 4) is 0 Å². The van der Waals surface area contributed by atoms with E-state index in [1.807, 2.05) is 30.1 Å². The maximum Gasteiger partial charge on any atom is 0.128 e. The molecule has 2 aromatic carbocycles. The van der Waals surface area contributed by atoms with Crippen LogP contribution in [-0.2, 0) is 6.54 Å². The average molecular weight is 311 g/mol. The fourth-order valence-corrected chi connectivity index (χ4v) is 2.56. The van der Waals surface area contributed by atoms with E-state index in [0.717, 1.165) is 17.7 Å². The molecule has 0 fully saturated rings. The molecule has 112 valence electrons. The smallest absolute Gasteiger partial charge is 0.128 e. The Morgan fingerprint density at radius 1 is 1.19 bits per heavy atom. The Bertz CT molecular complexity index is 619. The van der Waals surface area contributed by atoms with E-state index in [1.165, 1.54) is 6.07 Å². The summed E-state index contributed by atoms with van der Waals surface area (Å²) in [6.07, 6.45) is 0. The number of hydrogen-bond acceptors (Lipinski definition) is 2. The fraction of sp³-hybridized carbons (Fsp3) is 0.250. The van der Waals surface area contributed by atoms with Crippen molar-refractivity contribution >= 4 is 11.6 Å². The van der Waals surface area contributed by atoms with Gasteiger partial charge in [0.15, 0.2) is 0 Å². The summed E-state index contributed by atoms with van der Waals surface area (Å²) in [4.78, 5) is 1.88. The van der Waals surface area contributed by atoms with Crippen LogP contribution in [0.3, 0.4) is 0 Å². The number of halogens is 3. The number of rotatable bonds is 5. The molecule has 0 saturated heterocycles. The summed E-state index contributed by atoms with van der Waals surface area (Å²) in [5.74, 6) is -0.925. The normalized spacial score (nSPS) is 12.7. The van der Waals surface area contributed by atoms with Gasteiger partial charge in [0.25, 0.3) is 0 Å². The highest BCUT2D eigenvalue weighted by Crippen LogP contribution is 2.24. The van der Waals surface area contributed by atoms with Gasteiger partial charge in [0.1, 0.15) is 11.6 Å². The molecule has 2 N–H and O–H groups in total. The van der Waals surface area contributed by atoms with Gasteiger partial charge in [-0.25, -0.2) is 8.78 Å². The lowest BCUT2D eigenvalue weighted by Gasteiger charge is -2.27. The SMILES string of the molecule is CN(Cc1cccc(Cl)c1)C(CN)c1cc(F)ccc1F. The van der Waals surface area contributed by atoms with E-state index in [0.29, 0.717) is 11.6 Å². The molecule has 1 atom stereocenters. The van der Waals surface area contributed by atoms with Crippen molar-refractivity contribution < 1.29 is 8.78 Å². The largest absolute Gasteiger partial charge is 0.329 e. The van der Waals surface area contributed by atoms with Gasteiger partial charge in [0.2, 0.25) is 0 Å². The van der Waals surface area contributed by atoms with Crippen molar-refractivity contribution in [1.82, 2.24) is 4.90 Å². The van der Waals surface area contributed by atoms with Crippen molar-refractivity contribution in [3.05, 3.63) is 70.2 Å². The highest BCUT2D eigenvalue weighted by Gasteiger charge is 2.20. The average Bonchev–Trinajstić information content (AvgIpc) is 2.43. The van der Waals surface area contributed by atoms with Gasteiger partial charge in [-0.2, -0.15) is 0 Å². The van der Waals surface area contributed by atoms with E-state index in [1.54, 1.807) is 6.07 Å². The van der Waals surface area contributed by atoms with Gasteiger partial charge in [-0.3, -0.25) is 4.90 Å². The topological polar surface area (TPSA) is 29.3 Å². The summed E-state index contributed by atoms with van der Waals surface area (Å²) in [6.45, 7) is 0.732. The van der Waals surface area contributed by atoms with Crippen LogP contribution in [0.1, 0.15) is 17.2 Å². The molecule has 0 saturated carbocycles.